The van der Waals surface area contributed by atoms with Crippen LogP contribution in [0.4, 0.5) is 0 Å². The molecule has 0 heterocycles. The molecular weight excluding hydrogens is 164 g/mol. The van der Waals surface area contributed by atoms with Crippen LogP contribution in [0.1, 0.15) is 19.8 Å². The van der Waals surface area contributed by atoms with E-state index < -0.39 is 5.60 Å². The first-order valence-electron chi connectivity index (χ1n) is 3.41. The highest BCUT2D eigenvalue weighted by atomic mass is 32.2. The Morgan fingerprint density at radius 3 is 1.70 bits per heavy atom. The van der Waals surface area contributed by atoms with Gasteiger partial charge in [0, 0.05) is 0 Å². The van der Waals surface area contributed by atoms with Crippen molar-refractivity contribution in [1.82, 2.24) is 0 Å². The third-order valence-electron chi connectivity index (χ3n) is 2.42. The molecule has 1 atom stereocenters. The van der Waals surface area contributed by atoms with Gasteiger partial charge in [0.1, 0.15) is 0 Å². The molecule has 1 saturated carbocycles. The number of hydrogen-bond acceptors (Lipinski definition) is 3. The van der Waals surface area contributed by atoms with Crippen molar-refractivity contribution in [2.75, 3.05) is 12.5 Å². The van der Waals surface area contributed by atoms with Crippen LogP contribution in [0.25, 0.3) is 0 Å². The SMILES string of the molecule is CSC1(SC)CCC1(C)O. The van der Waals surface area contributed by atoms with Crippen LogP contribution >= 0.6 is 23.5 Å². The first-order chi connectivity index (χ1) is 4.58. The molecule has 1 rings (SSSR count). The molecule has 1 nitrogen and oxygen atoms in total. The lowest BCUT2D eigenvalue weighted by Crippen LogP contribution is -2.56. The second kappa shape index (κ2) is 2.61. The van der Waals surface area contributed by atoms with E-state index in [9.17, 15) is 5.11 Å². The molecule has 1 aliphatic rings. The van der Waals surface area contributed by atoms with E-state index in [1.165, 1.54) is 0 Å². The summed E-state index contributed by atoms with van der Waals surface area (Å²) in [6.45, 7) is 1.93. The maximum Gasteiger partial charge on any atom is 0.0889 e. The molecule has 1 unspecified atom stereocenters. The summed E-state index contributed by atoms with van der Waals surface area (Å²) in [5.74, 6) is 0. The Hall–Kier alpha value is 0.660. The van der Waals surface area contributed by atoms with Gasteiger partial charge in [-0.25, -0.2) is 0 Å². The molecule has 0 spiro atoms. The van der Waals surface area contributed by atoms with Gasteiger partial charge in [0.15, 0.2) is 0 Å². The largest absolute Gasteiger partial charge is 0.388 e. The summed E-state index contributed by atoms with van der Waals surface area (Å²) >= 11 is 3.56. The lowest BCUT2D eigenvalue weighted by atomic mass is 9.80. The van der Waals surface area contributed by atoms with Gasteiger partial charge in [-0.15, -0.1) is 23.5 Å². The molecule has 0 amide bonds. The van der Waals surface area contributed by atoms with E-state index in [2.05, 4.69) is 12.5 Å². The van der Waals surface area contributed by atoms with Gasteiger partial charge >= 0.3 is 0 Å². The molecule has 1 fully saturated rings. The second-order valence-corrected chi connectivity index (χ2v) is 5.40. The van der Waals surface area contributed by atoms with E-state index in [1.807, 2.05) is 6.92 Å². The molecule has 3 heteroatoms. The third kappa shape index (κ3) is 0.990. The zero-order valence-electron chi connectivity index (χ0n) is 6.68. The van der Waals surface area contributed by atoms with Crippen molar-refractivity contribution >= 4 is 23.5 Å². The molecule has 0 aromatic carbocycles. The summed E-state index contributed by atoms with van der Waals surface area (Å²) in [6.07, 6.45) is 6.24. The predicted octanol–water partition coefficient (Wildman–Crippen LogP) is 1.95. The average molecular weight is 178 g/mol. The number of aliphatic hydroxyl groups is 1. The van der Waals surface area contributed by atoms with Gasteiger partial charge in [-0.3, -0.25) is 0 Å². The van der Waals surface area contributed by atoms with E-state index in [-0.39, 0.29) is 4.08 Å². The Morgan fingerprint density at radius 2 is 1.70 bits per heavy atom. The fourth-order valence-electron chi connectivity index (χ4n) is 1.42. The zero-order valence-corrected chi connectivity index (χ0v) is 8.31. The van der Waals surface area contributed by atoms with Crippen LogP contribution in [0.5, 0.6) is 0 Å². The maximum atomic E-state index is 9.78. The van der Waals surface area contributed by atoms with Crippen molar-refractivity contribution in [3.05, 3.63) is 0 Å². The van der Waals surface area contributed by atoms with E-state index in [4.69, 9.17) is 0 Å². The van der Waals surface area contributed by atoms with Crippen LogP contribution in [-0.4, -0.2) is 27.3 Å². The van der Waals surface area contributed by atoms with Gasteiger partial charge < -0.3 is 5.11 Å². The molecule has 0 aliphatic heterocycles. The highest BCUT2D eigenvalue weighted by Gasteiger charge is 2.54. The quantitative estimate of drug-likeness (QED) is 0.653. The molecular formula is C7H14OS2. The second-order valence-electron chi connectivity index (χ2n) is 2.94. The fourth-order valence-corrected chi connectivity index (χ4v) is 3.78. The summed E-state index contributed by atoms with van der Waals surface area (Å²) in [5, 5.41) is 9.78. The first-order valence-corrected chi connectivity index (χ1v) is 5.85. The number of hydrogen-bond donors (Lipinski definition) is 1. The molecule has 0 saturated heterocycles. The van der Waals surface area contributed by atoms with Gasteiger partial charge in [0.25, 0.3) is 0 Å². The average Bonchev–Trinajstić information content (AvgIpc) is 1.89. The lowest BCUT2D eigenvalue weighted by Gasteiger charge is -2.52. The molecule has 10 heavy (non-hydrogen) atoms. The van der Waals surface area contributed by atoms with Gasteiger partial charge in [-0.2, -0.15) is 0 Å². The highest BCUT2D eigenvalue weighted by molar-refractivity contribution is 8.17. The first kappa shape index (κ1) is 8.75. The Balaban J connectivity index is 2.67. The predicted molar refractivity (Wildman–Crippen MR) is 49.6 cm³/mol. The van der Waals surface area contributed by atoms with E-state index >= 15 is 0 Å². The summed E-state index contributed by atoms with van der Waals surface area (Å²) in [4.78, 5) is 0. The molecule has 0 aromatic rings. The van der Waals surface area contributed by atoms with Crippen molar-refractivity contribution in [2.24, 2.45) is 0 Å². The Bertz CT molecular complexity index is 124. The minimum Gasteiger partial charge on any atom is -0.388 e. The van der Waals surface area contributed by atoms with Crippen LogP contribution in [0, 0.1) is 0 Å². The highest BCUT2D eigenvalue weighted by Crippen LogP contribution is 2.56. The van der Waals surface area contributed by atoms with Gasteiger partial charge in [-0.1, -0.05) is 0 Å². The van der Waals surface area contributed by atoms with Crippen LogP contribution in [-0.2, 0) is 0 Å². The summed E-state index contributed by atoms with van der Waals surface area (Å²) < 4.78 is 0.0903. The van der Waals surface area contributed by atoms with Crippen molar-refractivity contribution in [3.8, 4) is 0 Å². The smallest absolute Gasteiger partial charge is 0.0889 e. The molecule has 60 valence electrons. The van der Waals surface area contributed by atoms with Crippen molar-refractivity contribution in [3.63, 3.8) is 0 Å². The summed E-state index contributed by atoms with van der Waals surface area (Å²) in [6, 6.07) is 0. The van der Waals surface area contributed by atoms with Gasteiger partial charge in [-0.05, 0) is 32.3 Å². The number of rotatable bonds is 2. The van der Waals surface area contributed by atoms with Crippen molar-refractivity contribution in [1.29, 1.82) is 0 Å². The molecule has 0 radical (unpaired) electrons. The van der Waals surface area contributed by atoms with Crippen LogP contribution in [0.3, 0.4) is 0 Å². The summed E-state index contributed by atoms with van der Waals surface area (Å²) in [7, 11) is 0. The van der Waals surface area contributed by atoms with Crippen LogP contribution < -0.4 is 0 Å². The van der Waals surface area contributed by atoms with Crippen molar-refractivity contribution in [2.45, 2.75) is 29.4 Å². The van der Waals surface area contributed by atoms with Gasteiger partial charge in [0.2, 0.25) is 0 Å². The summed E-state index contributed by atoms with van der Waals surface area (Å²) in [5.41, 5.74) is -0.439. The maximum absolute atomic E-state index is 9.78. The molecule has 0 aromatic heterocycles. The Kier molecular flexibility index (Phi) is 2.28. The van der Waals surface area contributed by atoms with E-state index in [1.54, 1.807) is 23.5 Å². The Morgan fingerprint density at radius 1 is 1.20 bits per heavy atom. The topological polar surface area (TPSA) is 20.2 Å². The van der Waals surface area contributed by atoms with E-state index in [0.29, 0.717) is 0 Å². The third-order valence-corrected chi connectivity index (χ3v) is 6.03. The number of thioether (sulfide) groups is 2. The lowest BCUT2D eigenvalue weighted by molar-refractivity contribution is -0.0194. The Labute approximate surface area is 71.0 Å². The minimum atomic E-state index is -0.439. The minimum absolute atomic E-state index is 0.0903. The molecule has 0 bridgehead atoms. The van der Waals surface area contributed by atoms with Crippen molar-refractivity contribution < 1.29 is 5.11 Å². The monoisotopic (exact) mass is 178 g/mol. The van der Waals surface area contributed by atoms with E-state index in [0.717, 1.165) is 12.8 Å². The standard InChI is InChI=1S/C7H14OS2/c1-6(8)4-5-7(6,9-2)10-3/h8H,4-5H2,1-3H3. The zero-order chi connectivity index (χ0) is 7.83. The van der Waals surface area contributed by atoms with Crippen LogP contribution in [0.15, 0.2) is 0 Å². The normalized spacial score (nSPS) is 37.2. The molecule has 1 N–H and O–H groups in total. The van der Waals surface area contributed by atoms with Crippen LogP contribution in [0.2, 0.25) is 0 Å². The molecule has 1 aliphatic carbocycles. The fraction of sp³-hybridized carbons (Fsp3) is 1.00. The van der Waals surface area contributed by atoms with Gasteiger partial charge in [0.05, 0.1) is 9.68 Å².